The highest BCUT2D eigenvalue weighted by molar-refractivity contribution is 6.89. The zero-order valence-electron chi connectivity index (χ0n) is 16.8. The highest BCUT2D eigenvalue weighted by Crippen LogP contribution is 2.26. The van der Waals surface area contributed by atoms with Gasteiger partial charge in [-0.15, -0.1) is 22.7 Å². The quantitative estimate of drug-likeness (QED) is 0.496. The van der Waals surface area contributed by atoms with Gasteiger partial charge >= 0.3 is 6.85 Å². The van der Waals surface area contributed by atoms with E-state index in [1.807, 2.05) is 12.1 Å². The first-order valence-electron chi connectivity index (χ1n) is 9.10. The van der Waals surface area contributed by atoms with Gasteiger partial charge < -0.3 is 4.81 Å². The van der Waals surface area contributed by atoms with Crippen LogP contribution < -0.4 is 4.81 Å². The summed E-state index contributed by atoms with van der Waals surface area (Å²) in [7, 11) is -2.97. The zero-order chi connectivity index (χ0) is 19.2. The van der Waals surface area contributed by atoms with Gasteiger partial charge in [0.25, 0.3) is 0 Å². The van der Waals surface area contributed by atoms with Crippen LogP contribution in [0.2, 0.25) is 39.3 Å². The number of hydrogen-bond acceptors (Lipinski definition) is 1. The van der Waals surface area contributed by atoms with Gasteiger partial charge in [-0.3, -0.25) is 0 Å². The van der Waals surface area contributed by atoms with E-state index in [0.29, 0.717) is 0 Å². The van der Waals surface area contributed by atoms with Crippen molar-refractivity contribution >= 4 is 34.4 Å². The van der Waals surface area contributed by atoms with Crippen LogP contribution in [-0.4, -0.2) is 23.0 Å². The van der Waals surface area contributed by atoms with E-state index >= 15 is 0 Å². The van der Waals surface area contributed by atoms with Crippen LogP contribution in [0, 0.1) is 22.7 Å². The molecule has 2 aromatic rings. The van der Waals surface area contributed by atoms with Crippen molar-refractivity contribution in [1.82, 2.24) is 0 Å². The summed E-state index contributed by atoms with van der Waals surface area (Å²) in [4.78, 5) is 2.26. The Morgan fingerprint density at radius 3 is 1.27 bits per heavy atom. The third kappa shape index (κ3) is 6.64. The Morgan fingerprint density at radius 1 is 0.615 bits per heavy atom. The van der Waals surface area contributed by atoms with Crippen LogP contribution >= 0.6 is 0 Å². The number of anilines is 2. The van der Waals surface area contributed by atoms with E-state index in [1.165, 1.54) is 0 Å². The van der Waals surface area contributed by atoms with Gasteiger partial charge in [0.15, 0.2) is 0 Å². The second-order valence-corrected chi connectivity index (χ2v) is 18.0. The molecule has 0 N–H and O–H groups in total. The maximum atomic E-state index is 3.54. The summed E-state index contributed by atoms with van der Waals surface area (Å²) in [5.41, 5.74) is 9.32. The van der Waals surface area contributed by atoms with Crippen molar-refractivity contribution in [3.05, 3.63) is 60.7 Å². The maximum absolute atomic E-state index is 3.54. The minimum atomic E-state index is -1.49. The van der Waals surface area contributed by atoms with E-state index in [-0.39, 0.29) is 6.85 Å². The molecular weight excluding hydrogens is 345 g/mol. The first-order chi connectivity index (χ1) is 12.2. The lowest BCUT2D eigenvalue weighted by atomic mass is 9.62. The van der Waals surface area contributed by atoms with Crippen molar-refractivity contribution in [2.45, 2.75) is 39.3 Å². The molecule has 0 aliphatic rings. The Balaban J connectivity index is 2.60. The lowest BCUT2D eigenvalue weighted by Gasteiger charge is -2.26. The van der Waals surface area contributed by atoms with Crippen molar-refractivity contribution in [1.29, 1.82) is 0 Å². The predicted molar refractivity (Wildman–Crippen MR) is 123 cm³/mol. The Bertz CT molecular complexity index is 757. The number of para-hydroxylation sites is 2. The van der Waals surface area contributed by atoms with Gasteiger partial charge in [0.1, 0.15) is 16.1 Å². The van der Waals surface area contributed by atoms with Crippen LogP contribution in [0.1, 0.15) is 0 Å². The molecule has 0 aliphatic carbocycles. The molecule has 2 aromatic carbocycles. The Kier molecular flexibility index (Phi) is 6.59. The molecule has 0 bridgehead atoms. The maximum Gasteiger partial charge on any atom is 0.432 e. The molecule has 0 saturated heterocycles. The number of hydrogen-bond donors (Lipinski definition) is 0. The Morgan fingerprint density at radius 2 is 0.962 bits per heavy atom. The lowest BCUT2D eigenvalue weighted by molar-refractivity contribution is 1.39. The van der Waals surface area contributed by atoms with Gasteiger partial charge in [-0.2, -0.15) is 0 Å². The molecule has 0 atom stereocenters. The third-order valence-corrected chi connectivity index (χ3v) is 5.28. The number of nitrogens with zero attached hydrogens (tertiary/aromatic N) is 1. The normalized spacial score (nSPS) is 10.8. The minimum absolute atomic E-state index is 0.141. The first kappa shape index (κ1) is 20.2. The van der Waals surface area contributed by atoms with E-state index < -0.39 is 16.1 Å². The summed E-state index contributed by atoms with van der Waals surface area (Å²) in [6.45, 7) is 13.5. The van der Waals surface area contributed by atoms with E-state index in [2.05, 4.69) is 115 Å². The topological polar surface area (TPSA) is 3.24 Å². The molecule has 0 fully saturated rings. The van der Waals surface area contributed by atoms with Gasteiger partial charge in [0, 0.05) is 11.4 Å². The monoisotopic (exact) mass is 373 g/mol. The molecule has 0 aromatic heterocycles. The zero-order valence-corrected chi connectivity index (χ0v) is 18.8. The molecule has 0 radical (unpaired) electrons. The molecule has 0 spiro atoms. The molecule has 0 unspecified atom stereocenters. The molecule has 0 saturated carbocycles. The van der Waals surface area contributed by atoms with E-state index in [1.54, 1.807) is 0 Å². The summed E-state index contributed by atoms with van der Waals surface area (Å²) in [5, 5.41) is 0. The number of benzene rings is 2. The van der Waals surface area contributed by atoms with Crippen LogP contribution in [0.5, 0.6) is 0 Å². The highest BCUT2D eigenvalue weighted by atomic mass is 28.3. The molecule has 4 heteroatoms. The summed E-state index contributed by atoms with van der Waals surface area (Å²) < 4.78 is 0. The number of rotatable bonds is 3. The Hall–Kier alpha value is -2.14. The SMILES string of the molecule is C[Si](C)(C)C#CB(C#C[Si](C)(C)C)N(c1ccccc1)c1ccccc1. The molecule has 0 amide bonds. The van der Waals surface area contributed by atoms with Crippen LogP contribution in [0.4, 0.5) is 11.4 Å². The van der Waals surface area contributed by atoms with Gasteiger partial charge in [-0.05, 0) is 24.3 Å². The first-order valence-corrected chi connectivity index (χ1v) is 16.1. The summed E-state index contributed by atoms with van der Waals surface area (Å²) >= 11 is 0. The average Bonchev–Trinajstić information content (AvgIpc) is 2.57. The Labute approximate surface area is 162 Å². The molecule has 132 valence electrons. The minimum Gasteiger partial charge on any atom is -0.363 e. The third-order valence-electron chi connectivity index (χ3n) is 3.49. The van der Waals surface area contributed by atoms with Crippen LogP contribution in [0.15, 0.2) is 60.7 Å². The smallest absolute Gasteiger partial charge is 0.363 e. The van der Waals surface area contributed by atoms with Crippen LogP contribution in [0.25, 0.3) is 0 Å². The van der Waals surface area contributed by atoms with Gasteiger partial charge in [0.2, 0.25) is 0 Å². The highest BCUT2D eigenvalue weighted by Gasteiger charge is 2.24. The van der Waals surface area contributed by atoms with Crippen molar-refractivity contribution < 1.29 is 0 Å². The summed E-state index contributed by atoms with van der Waals surface area (Å²) in [6.07, 6.45) is 0. The lowest BCUT2D eigenvalue weighted by Crippen LogP contribution is -2.35. The summed E-state index contributed by atoms with van der Waals surface area (Å²) in [5.74, 6) is 7.03. The van der Waals surface area contributed by atoms with Crippen LogP contribution in [0.3, 0.4) is 0 Å². The van der Waals surface area contributed by atoms with Crippen molar-refractivity contribution in [3.8, 4) is 22.7 Å². The van der Waals surface area contributed by atoms with Gasteiger partial charge in [-0.25, -0.2) is 0 Å². The van der Waals surface area contributed by atoms with Crippen molar-refractivity contribution in [2.24, 2.45) is 0 Å². The second-order valence-electron chi connectivity index (χ2n) is 8.48. The molecule has 0 heterocycles. The summed E-state index contributed by atoms with van der Waals surface area (Å²) in [6, 6.07) is 20.9. The fraction of sp³-hybridized carbons (Fsp3) is 0.273. The largest absolute Gasteiger partial charge is 0.432 e. The second kappa shape index (κ2) is 8.49. The van der Waals surface area contributed by atoms with E-state index in [4.69, 9.17) is 0 Å². The predicted octanol–water partition coefficient (Wildman–Crippen LogP) is 5.66. The van der Waals surface area contributed by atoms with Gasteiger partial charge in [-0.1, -0.05) is 75.7 Å². The van der Waals surface area contributed by atoms with Crippen molar-refractivity contribution in [3.63, 3.8) is 0 Å². The molecule has 2 rings (SSSR count). The van der Waals surface area contributed by atoms with Crippen molar-refractivity contribution in [2.75, 3.05) is 4.81 Å². The van der Waals surface area contributed by atoms with E-state index in [9.17, 15) is 0 Å². The van der Waals surface area contributed by atoms with Crippen LogP contribution in [-0.2, 0) is 0 Å². The molecule has 0 aliphatic heterocycles. The average molecular weight is 373 g/mol. The van der Waals surface area contributed by atoms with E-state index in [0.717, 1.165) is 11.4 Å². The standard InChI is InChI=1S/C22H28BNSi2/c1-25(2,3)19-17-23(18-20-26(4,5)6)24(21-13-9-7-10-14-21)22-15-11-8-12-16-22/h7-16H,1-6H3. The molecule has 1 nitrogen and oxygen atoms in total. The molecule has 26 heavy (non-hydrogen) atoms. The fourth-order valence-corrected chi connectivity index (χ4v) is 3.50. The molecular formula is C22H28BNSi2. The fourth-order valence-electron chi connectivity index (χ4n) is 2.36. The van der Waals surface area contributed by atoms with Gasteiger partial charge in [0.05, 0.1) is 0 Å².